The van der Waals surface area contributed by atoms with Gasteiger partial charge in [0.25, 0.3) is 0 Å². The first-order chi connectivity index (χ1) is 8.36. The maximum Gasteiger partial charge on any atom is 0.416 e. The number of rotatable bonds is 1. The van der Waals surface area contributed by atoms with Gasteiger partial charge in [0, 0.05) is 0 Å². The fourth-order valence-corrected chi connectivity index (χ4v) is 1.58. The van der Waals surface area contributed by atoms with Gasteiger partial charge in [0.1, 0.15) is 11.6 Å². The van der Waals surface area contributed by atoms with Gasteiger partial charge in [-0.2, -0.15) is 13.2 Å². The largest absolute Gasteiger partial charge is 0.508 e. The Balaban J connectivity index is 2.52. The highest BCUT2D eigenvalue weighted by molar-refractivity contribution is 5.66. The molecule has 0 radical (unpaired) electrons. The van der Waals surface area contributed by atoms with Gasteiger partial charge in [0.15, 0.2) is 0 Å². The lowest BCUT2D eigenvalue weighted by molar-refractivity contribution is -0.137. The Hall–Kier alpha value is -2.04. The molecule has 5 heteroatoms. The molecule has 0 aliphatic carbocycles. The zero-order valence-electron chi connectivity index (χ0n) is 9.00. The lowest BCUT2D eigenvalue weighted by atomic mass is 10.0. The number of aromatic hydroxyl groups is 1. The second-order valence-corrected chi connectivity index (χ2v) is 3.77. The van der Waals surface area contributed by atoms with Crippen molar-refractivity contribution in [3.05, 3.63) is 53.8 Å². The van der Waals surface area contributed by atoms with Crippen molar-refractivity contribution in [3.63, 3.8) is 0 Å². The number of hydrogen-bond donors (Lipinski definition) is 1. The Bertz CT molecular complexity index is 558. The molecule has 0 atom stereocenters. The van der Waals surface area contributed by atoms with Crippen molar-refractivity contribution in [2.24, 2.45) is 0 Å². The Morgan fingerprint density at radius 3 is 2.00 bits per heavy atom. The van der Waals surface area contributed by atoms with Gasteiger partial charge < -0.3 is 5.11 Å². The molecule has 18 heavy (non-hydrogen) atoms. The number of benzene rings is 2. The third-order valence-electron chi connectivity index (χ3n) is 2.42. The predicted molar refractivity (Wildman–Crippen MR) is 58.5 cm³/mol. The molecule has 0 saturated heterocycles. The number of phenolic OH excluding ortho intramolecular Hbond substituents is 1. The zero-order chi connectivity index (χ0) is 13.3. The van der Waals surface area contributed by atoms with Gasteiger partial charge in [-0.05, 0) is 41.5 Å². The Labute approximate surface area is 100 Å². The van der Waals surface area contributed by atoms with E-state index in [9.17, 15) is 22.7 Å². The van der Waals surface area contributed by atoms with E-state index in [2.05, 4.69) is 0 Å². The summed E-state index contributed by atoms with van der Waals surface area (Å²) < 4.78 is 50.4. The van der Waals surface area contributed by atoms with E-state index in [0.29, 0.717) is 11.6 Å². The first kappa shape index (κ1) is 12.4. The van der Waals surface area contributed by atoms with E-state index in [-0.39, 0.29) is 5.56 Å². The molecule has 2 aromatic rings. The van der Waals surface area contributed by atoms with Gasteiger partial charge in [0.2, 0.25) is 0 Å². The molecule has 0 heterocycles. The Morgan fingerprint density at radius 2 is 1.44 bits per heavy atom. The predicted octanol–water partition coefficient (Wildman–Crippen LogP) is 4.22. The van der Waals surface area contributed by atoms with Crippen molar-refractivity contribution in [2.45, 2.75) is 6.18 Å². The van der Waals surface area contributed by atoms with E-state index in [4.69, 9.17) is 0 Å². The van der Waals surface area contributed by atoms with Gasteiger partial charge in [-0.15, -0.1) is 0 Å². The van der Waals surface area contributed by atoms with Crippen molar-refractivity contribution < 1.29 is 22.7 Å². The van der Waals surface area contributed by atoms with Gasteiger partial charge in [-0.3, -0.25) is 0 Å². The van der Waals surface area contributed by atoms with Crippen LogP contribution < -0.4 is 0 Å². The average molecular weight is 256 g/mol. The van der Waals surface area contributed by atoms with Gasteiger partial charge in [0.05, 0.1) is 5.56 Å². The molecule has 0 spiro atoms. The first-order valence-electron chi connectivity index (χ1n) is 5.03. The molecule has 0 amide bonds. The van der Waals surface area contributed by atoms with E-state index in [1.165, 1.54) is 18.2 Å². The normalized spacial score (nSPS) is 11.6. The van der Waals surface area contributed by atoms with Crippen LogP contribution in [0.2, 0.25) is 0 Å². The molecule has 2 aromatic carbocycles. The third kappa shape index (κ3) is 2.61. The molecule has 0 fully saturated rings. The second kappa shape index (κ2) is 4.33. The summed E-state index contributed by atoms with van der Waals surface area (Å²) in [6.07, 6.45) is -4.53. The van der Waals surface area contributed by atoms with Crippen LogP contribution >= 0.6 is 0 Å². The SMILES string of the molecule is Oc1cc(-c2ccc(F)cc2)cc(C(F)(F)F)c1. The lowest BCUT2D eigenvalue weighted by Crippen LogP contribution is -2.04. The minimum atomic E-state index is -4.53. The maximum absolute atomic E-state index is 12.7. The van der Waals surface area contributed by atoms with Crippen LogP contribution in [-0.2, 0) is 6.18 Å². The van der Waals surface area contributed by atoms with Crippen molar-refractivity contribution >= 4 is 0 Å². The highest BCUT2D eigenvalue weighted by Gasteiger charge is 2.31. The first-order valence-corrected chi connectivity index (χ1v) is 5.03. The molecule has 0 unspecified atom stereocenters. The van der Waals surface area contributed by atoms with Crippen LogP contribution in [0.3, 0.4) is 0 Å². The van der Waals surface area contributed by atoms with Crippen LogP contribution in [0.5, 0.6) is 5.75 Å². The molecule has 0 saturated carbocycles. The van der Waals surface area contributed by atoms with Crippen molar-refractivity contribution in [3.8, 4) is 16.9 Å². The van der Waals surface area contributed by atoms with Crippen LogP contribution in [-0.4, -0.2) is 5.11 Å². The number of alkyl halides is 3. The van der Waals surface area contributed by atoms with Crippen molar-refractivity contribution in [2.75, 3.05) is 0 Å². The van der Waals surface area contributed by atoms with Gasteiger partial charge >= 0.3 is 6.18 Å². The molecular weight excluding hydrogens is 248 g/mol. The summed E-state index contributed by atoms with van der Waals surface area (Å²) in [5.41, 5.74) is -0.359. The van der Waals surface area contributed by atoms with Crippen molar-refractivity contribution in [1.82, 2.24) is 0 Å². The summed E-state index contributed by atoms with van der Waals surface area (Å²) in [6, 6.07) is 7.75. The molecule has 0 bridgehead atoms. The zero-order valence-corrected chi connectivity index (χ0v) is 9.00. The van der Waals surface area contributed by atoms with E-state index in [1.54, 1.807) is 0 Å². The molecule has 94 valence electrons. The van der Waals surface area contributed by atoms with Crippen molar-refractivity contribution in [1.29, 1.82) is 0 Å². The summed E-state index contributed by atoms with van der Waals surface area (Å²) in [5, 5.41) is 9.30. The summed E-state index contributed by atoms with van der Waals surface area (Å²) >= 11 is 0. The Kier molecular flexibility index (Phi) is 2.98. The summed E-state index contributed by atoms with van der Waals surface area (Å²) in [7, 11) is 0. The highest BCUT2D eigenvalue weighted by Crippen LogP contribution is 2.35. The maximum atomic E-state index is 12.7. The summed E-state index contributed by atoms with van der Waals surface area (Å²) in [4.78, 5) is 0. The van der Waals surface area contributed by atoms with E-state index in [0.717, 1.165) is 18.2 Å². The summed E-state index contributed by atoms with van der Waals surface area (Å²) in [5.74, 6) is -0.959. The van der Waals surface area contributed by atoms with Crippen LogP contribution in [0.1, 0.15) is 5.56 Å². The van der Waals surface area contributed by atoms with Crippen LogP contribution in [0.4, 0.5) is 17.6 Å². The van der Waals surface area contributed by atoms with E-state index in [1.807, 2.05) is 0 Å². The highest BCUT2D eigenvalue weighted by atomic mass is 19.4. The van der Waals surface area contributed by atoms with Gasteiger partial charge in [-0.1, -0.05) is 12.1 Å². The van der Waals surface area contributed by atoms with Crippen LogP contribution in [0.25, 0.3) is 11.1 Å². The molecule has 0 aliphatic heterocycles. The molecule has 0 aromatic heterocycles. The molecule has 0 aliphatic rings. The van der Waals surface area contributed by atoms with Crippen LogP contribution in [0.15, 0.2) is 42.5 Å². The van der Waals surface area contributed by atoms with E-state index < -0.39 is 23.3 Å². The van der Waals surface area contributed by atoms with Crippen LogP contribution in [0, 0.1) is 5.82 Å². The monoisotopic (exact) mass is 256 g/mol. The minimum absolute atomic E-state index is 0.183. The molecule has 1 nitrogen and oxygen atoms in total. The fourth-order valence-electron chi connectivity index (χ4n) is 1.58. The topological polar surface area (TPSA) is 20.2 Å². The second-order valence-electron chi connectivity index (χ2n) is 3.77. The molecule has 1 N–H and O–H groups in total. The standard InChI is InChI=1S/C13H8F4O/c14-11-3-1-8(2-4-11)9-5-10(13(15,16)17)7-12(18)6-9/h1-7,18H. The smallest absolute Gasteiger partial charge is 0.416 e. The molecular formula is C13H8F4O. The number of halogens is 4. The lowest BCUT2D eigenvalue weighted by Gasteiger charge is -2.10. The molecule has 2 rings (SSSR count). The fraction of sp³-hybridized carbons (Fsp3) is 0.0769. The third-order valence-corrected chi connectivity index (χ3v) is 2.42. The minimum Gasteiger partial charge on any atom is -0.508 e. The van der Waals surface area contributed by atoms with Gasteiger partial charge in [-0.25, -0.2) is 4.39 Å². The number of hydrogen-bond acceptors (Lipinski definition) is 1. The Morgan fingerprint density at radius 1 is 0.833 bits per heavy atom. The van der Waals surface area contributed by atoms with E-state index >= 15 is 0 Å². The number of phenols is 1. The quantitative estimate of drug-likeness (QED) is 0.757. The average Bonchev–Trinajstić information content (AvgIpc) is 2.28. The summed E-state index contributed by atoms with van der Waals surface area (Å²) in [6.45, 7) is 0.